The number of carbonyl (C=O) groups is 1. The van der Waals surface area contributed by atoms with Crippen LogP contribution in [0.1, 0.15) is 19.8 Å². The molecule has 1 saturated carbocycles. The van der Waals surface area contributed by atoms with Crippen molar-refractivity contribution in [3.8, 4) is 0 Å². The summed E-state index contributed by atoms with van der Waals surface area (Å²) >= 11 is 0. The van der Waals surface area contributed by atoms with Crippen LogP contribution in [0.25, 0.3) is 0 Å². The number of esters is 1. The maximum Gasteiger partial charge on any atom is 0.321 e. The van der Waals surface area contributed by atoms with Crippen molar-refractivity contribution in [2.45, 2.75) is 25.8 Å². The summed E-state index contributed by atoms with van der Waals surface area (Å²) in [4.78, 5) is 11.2. The Morgan fingerprint density at radius 1 is 1.50 bits per heavy atom. The summed E-state index contributed by atoms with van der Waals surface area (Å²) in [6.07, 6.45) is 1.54. The second-order valence-electron chi connectivity index (χ2n) is 3.62. The van der Waals surface area contributed by atoms with Gasteiger partial charge in [-0.05, 0) is 19.8 Å². The number of aliphatic hydroxyl groups is 1. The van der Waals surface area contributed by atoms with Gasteiger partial charge in [-0.15, -0.1) is 0 Å². The SMILES string of the molecule is CCOC(=O)CN(C1CC1)S(=O)(=O)CCO. The molecule has 1 N–H and O–H groups in total. The molecule has 0 aliphatic heterocycles. The normalized spacial score (nSPS) is 16.4. The molecule has 1 fully saturated rings. The topological polar surface area (TPSA) is 83.9 Å². The van der Waals surface area contributed by atoms with Crippen LogP contribution in [0.15, 0.2) is 0 Å². The van der Waals surface area contributed by atoms with Crippen molar-refractivity contribution < 1.29 is 23.1 Å². The Morgan fingerprint density at radius 3 is 2.56 bits per heavy atom. The monoisotopic (exact) mass is 251 g/mol. The smallest absolute Gasteiger partial charge is 0.321 e. The molecule has 0 heterocycles. The molecule has 94 valence electrons. The molecule has 0 bridgehead atoms. The molecular formula is C9H17NO5S. The summed E-state index contributed by atoms with van der Waals surface area (Å²) in [5, 5.41) is 8.67. The highest BCUT2D eigenvalue weighted by Gasteiger charge is 2.38. The van der Waals surface area contributed by atoms with Crippen molar-refractivity contribution >= 4 is 16.0 Å². The van der Waals surface area contributed by atoms with Crippen LogP contribution in [0.2, 0.25) is 0 Å². The van der Waals surface area contributed by atoms with E-state index in [2.05, 4.69) is 0 Å². The molecular weight excluding hydrogens is 234 g/mol. The van der Waals surface area contributed by atoms with Gasteiger partial charge >= 0.3 is 5.97 Å². The maximum atomic E-state index is 11.7. The van der Waals surface area contributed by atoms with E-state index in [9.17, 15) is 13.2 Å². The molecule has 0 unspecified atom stereocenters. The fraction of sp³-hybridized carbons (Fsp3) is 0.889. The molecule has 0 aromatic rings. The lowest BCUT2D eigenvalue weighted by Gasteiger charge is -2.20. The van der Waals surface area contributed by atoms with E-state index in [1.54, 1.807) is 6.92 Å². The average molecular weight is 251 g/mol. The number of aliphatic hydroxyl groups excluding tert-OH is 1. The molecule has 1 aliphatic carbocycles. The Morgan fingerprint density at radius 2 is 2.12 bits per heavy atom. The quantitative estimate of drug-likeness (QED) is 0.607. The van der Waals surface area contributed by atoms with Gasteiger partial charge in [-0.2, -0.15) is 4.31 Å². The predicted octanol–water partition coefficient (Wildman–Crippen LogP) is -0.664. The summed E-state index contributed by atoms with van der Waals surface area (Å²) in [6.45, 7) is 1.22. The van der Waals surface area contributed by atoms with Gasteiger partial charge in [0, 0.05) is 6.04 Å². The van der Waals surface area contributed by atoms with E-state index in [1.165, 1.54) is 0 Å². The van der Waals surface area contributed by atoms with Crippen molar-refractivity contribution in [2.24, 2.45) is 0 Å². The Labute approximate surface area is 95.2 Å². The van der Waals surface area contributed by atoms with E-state index in [-0.39, 0.29) is 24.9 Å². The van der Waals surface area contributed by atoms with E-state index in [0.717, 1.165) is 17.1 Å². The molecule has 0 amide bonds. The summed E-state index contributed by atoms with van der Waals surface area (Å²) in [6, 6.07) is -0.0963. The number of sulfonamides is 1. The maximum absolute atomic E-state index is 11.7. The van der Waals surface area contributed by atoms with E-state index in [1.807, 2.05) is 0 Å². The molecule has 0 atom stereocenters. The number of nitrogens with zero attached hydrogens (tertiary/aromatic N) is 1. The number of ether oxygens (including phenoxy) is 1. The fourth-order valence-electron chi connectivity index (χ4n) is 1.38. The lowest BCUT2D eigenvalue weighted by molar-refractivity contribution is -0.143. The average Bonchev–Trinajstić information content (AvgIpc) is 2.97. The van der Waals surface area contributed by atoms with Crippen molar-refractivity contribution in [1.82, 2.24) is 4.31 Å². The third-order valence-corrected chi connectivity index (χ3v) is 4.09. The highest BCUT2D eigenvalue weighted by atomic mass is 32.2. The third kappa shape index (κ3) is 3.73. The minimum absolute atomic E-state index is 0.0963. The number of hydrogen-bond acceptors (Lipinski definition) is 5. The van der Waals surface area contributed by atoms with Gasteiger partial charge in [-0.25, -0.2) is 8.42 Å². The van der Waals surface area contributed by atoms with Crippen LogP contribution < -0.4 is 0 Å². The standard InChI is InChI=1S/C9H17NO5S/c1-2-15-9(12)7-10(8-3-4-8)16(13,14)6-5-11/h8,11H,2-7H2,1H3. The lowest BCUT2D eigenvalue weighted by atomic mass is 10.6. The molecule has 7 heteroatoms. The predicted molar refractivity (Wildman–Crippen MR) is 57.2 cm³/mol. The number of hydrogen-bond donors (Lipinski definition) is 1. The van der Waals surface area contributed by atoms with Gasteiger partial charge < -0.3 is 9.84 Å². The highest BCUT2D eigenvalue weighted by Crippen LogP contribution is 2.29. The van der Waals surface area contributed by atoms with E-state index in [0.29, 0.717) is 0 Å². The molecule has 0 radical (unpaired) electrons. The first-order valence-electron chi connectivity index (χ1n) is 5.27. The Balaban J connectivity index is 2.64. The second-order valence-corrected chi connectivity index (χ2v) is 5.66. The van der Waals surface area contributed by atoms with Gasteiger partial charge in [0.15, 0.2) is 0 Å². The van der Waals surface area contributed by atoms with Gasteiger partial charge in [0.25, 0.3) is 0 Å². The van der Waals surface area contributed by atoms with Gasteiger partial charge in [0.05, 0.1) is 19.0 Å². The fourth-order valence-corrected chi connectivity index (χ4v) is 2.82. The zero-order valence-corrected chi connectivity index (χ0v) is 10.1. The van der Waals surface area contributed by atoms with Crippen LogP contribution in [0, 0.1) is 0 Å². The molecule has 16 heavy (non-hydrogen) atoms. The molecule has 1 rings (SSSR count). The first-order valence-corrected chi connectivity index (χ1v) is 6.88. The zero-order valence-electron chi connectivity index (χ0n) is 9.26. The largest absolute Gasteiger partial charge is 0.465 e. The zero-order chi connectivity index (χ0) is 12.2. The minimum Gasteiger partial charge on any atom is -0.465 e. The summed E-state index contributed by atoms with van der Waals surface area (Å²) in [5.74, 6) is -0.890. The van der Waals surface area contributed by atoms with Crippen molar-refractivity contribution in [2.75, 3.05) is 25.5 Å². The highest BCUT2D eigenvalue weighted by molar-refractivity contribution is 7.89. The summed E-state index contributed by atoms with van der Waals surface area (Å²) in [7, 11) is -3.54. The van der Waals surface area contributed by atoms with Gasteiger partial charge in [0.1, 0.15) is 6.54 Å². The van der Waals surface area contributed by atoms with Crippen molar-refractivity contribution in [3.05, 3.63) is 0 Å². The van der Waals surface area contributed by atoms with Crippen LogP contribution in [-0.2, 0) is 19.6 Å². The summed E-state index contributed by atoms with van der Waals surface area (Å²) in [5.41, 5.74) is 0. The second kappa shape index (κ2) is 5.60. The third-order valence-electron chi connectivity index (χ3n) is 2.25. The van der Waals surface area contributed by atoms with E-state index in [4.69, 9.17) is 9.84 Å². The molecule has 0 spiro atoms. The van der Waals surface area contributed by atoms with Crippen LogP contribution in [0.5, 0.6) is 0 Å². The number of carbonyl (C=O) groups excluding carboxylic acids is 1. The Bertz CT molecular complexity index is 336. The first kappa shape index (κ1) is 13.4. The molecule has 1 aliphatic rings. The lowest BCUT2D eigenvalue weighted by Crippen LogP contribution is -2.40. The van der Waals surface area contributed by atoms with E-state index < -0.39 is 22.6 Å². The van der Waals surface area contributed by atoms with Crippen molar-refractivity contribution in [3.63, 3.8) is 0 Å². The molecule has 0 aromatic heterocycles. The Hall–Kier alpha value is -0.660. The molecule has 0 saturated heterocycles. The van der Waals surface area contributed by atoms with Gasteiger partial charge in [0.2, 0.25) is 10.0 Å². The summed E-state index contributed by atoms with van der Waals surface area (Å²) < 4.78 is 29.3. The van der Waals surface area contributed by atoms with Crippen LogP contribution in [0.3, 0.4) is 0 Å². The van der Waals surface area contributed by atoms with E-state index >= 15 is 0 Å². The van der Waals surface area contributed by atoms with Crippen LogP contribution in [0.4, 0.5) is 0 Å². The van der Waals surface area contributed by atoms with Crippen LogP contribution >= 0.6 is 0 Å². The van der Waals surface area contributed by atoms with Gasteiger partial charge in [-0.1, -0.05) is 0 Å². The molecule has 6 nitrogen and oxygen atoms in total. The number of rotatable bonds is 7. The molecule has 0 aromatic carbocycles. The Kier molecular flexibility index (Phi) is 4.69. The first-order chi connectivity index (χ1) is 7.51. The minimum atomic E-state index is -3.54. The van der Waals surface area contributed by atoms with Crippen LogP contribution in [-0.4, -0.2) is 55.4 Å². The van der Waals surface area contributed by atoms with Gasteiger partial charge in [-0.3, -0.25) is 4.79 Å². The van der Waals surface area contributed by atoms with Crippen molar-refractivity contribution in [1.29, 1.82) is 0 Å².